The van der Waals surface area contributed by atoms with Gasteiger partial charge in [0.1, 0.15) is 0 Å². The molecule has 0 aliphatic rings. The lowest BCUT2D eigenvalue weighted by Gasteiger charge is -2.28. The maximum Gasteiger partial charge on any atom is 0.226 e. The topological polar surface area (TPSA) is 101 Å². The van der Waals surface area contributed by atoms with E-state index in [2.05, 4.69) is 4.72 Å². The Morgan fingerprint density at radius 1 is 1.25 bits per heavy atom. The van der Waals surface area contributed by atoms with E-state index >= 15 is 0 Å². The molecular formula is C8H19NO5S2. The van der Waals surface area contributed by atoms with Crippen LogP contribution in [0.4, 0.5) is 0 Å². The molecule has 0 aromatic carbocycles. The highest BCUT2D eigenvalue weighted by molar-refractivity contribution is 8.06. The van der Waals surface area contributed by atoms with Gasteiger partial charge < -0.3 is 5.11 Å². The van der Waals surface area contributed by atoms with Crippen molar-refractivity contribution < 1.29 is 21.9 Å². The summed E-state index contributed by atoms with van der Waals surface area (Å²) in [6.45, 7) is 3.23. The van der Waals surface area contributed by atoms with Crippen LogP contribution in [0.1, 0.15) is 26.7 Å². The van der Waals surface area contributed by atoms with Crippen LogP contribution >= 0.6 is 0 Å². The summed E-state index contributed by atoms with van der Waals surface area (Å²) in [6, 6.07) is 0. The molecule has 1 atom stereocenters. The third-order valence-electron chi connectivity index (χ3n) is 2.22. The van der Waals surface area contributed by atoms with E-state index in [0.717, 1.165) is 6.26 Å². The molecule has 0 heterocycles. The highest BCUT2D eigenvalue weighted by Crippen LogP contribution is 2.15. The van der Waals surface area contributed by atoms with Crippen LogP contribution in [-0.2, 0) is 19.9 Å². The van der Waals surface area contributed by atoms with E-state index in [1.54, 1.807) is 13.8 Å². The van der Waals surface area contributed by atoms with E-state index in [9.17, 15) is 16.8 Å². The molecule has 0 fully saturated rings. The summed E-state index contributed by atoms with van der Waals surface area (Å²) in [5, 5.41) is 7.88. The molecule has 0 bridgehead atoms. The van der Waals surface area contributed by atoms with Crippen LogP contribution in [0.15, 0.2) is 0 Å². The quantitative estimate of drug-likeness (QED) is 0.649. The second-order valence-electron chi connectivity index (χ2n) is 4.15. The van der Waals surface area contributed by atoms with Crippen molar-refractivity contribution in [1.82, 2.24) is 4.72 Å². The fourth-order valence-corrected chi connectivity index (χ4v) is 4.72. The number of sulfonamides is 1. The molecule has 0 amide bonds. The Balaban J connectivity index is 4.82. The highest BCUT2D eigenvalue weighted by Gasteiger charge is 2.29. The van der Waals surface area contributed by atoms with Crippen molar-refractivity contribution in [3.63, 3.8) is 0 Å². The van der Waals surface area contributed by atoms with E-state index in [0.29, 0.717) is 6.42 Å². The minimum Gasteiger partial charge on any atom is -0.396 e. The first-order chi connectivity index (χ1) is 7.04. The number of rotatable bonds is 7. The van der Waals surface area contributed by atoms with Crippen LogP contribution in [0.2, 0.25) is 0 Å². The fraction of sp³-hybridized carbons (Fsp3) is 1.00. The molecule has 0 saturated carbocycles. The second kappa shape index (κ2) is 5.44. The number of hydrogen-bond acceptors (Lipinski definition) is 5. The third kappa shape index (κ3) is 6.41. The Hall–Kier alpha value is -0.180. The maximum absolute atomic E-state index is 11.5. The molecule has 1 unspecified atom stereocenters. The minimum absolute atomic E-state index is 0.161. The maximum atomic E-state index is 11.5. The molecule has 0 aromatic rings. The van der Waals surface area contributed by atoms with Gasteiger partial charge in [0.15, 0.2) is 14.9 Å². The Labute approximate surface area is 97.0 Å². The number of hydrogen-bond donors (Lipinski definition) is 2. The Bertz CT molecular complexity index is 414. The summed E-state index contributed by atoms with van der Waals surface area (Å²) in [6.07, 6.45) is 1.57. The van der Waals surface area contributed by atoms with Gasteiger partial charge in [-0.15, -0.1) is 0 Å². The van der Waals surface area contributed by atoms with Gasteiger partial charge in [-0.05, 0) is 19.8 Å². The van der Waals surface area contributed by atoms with Crippen molar-refractivity contribution in [3.8, 4) is 0 Å². The van der Waals surface area contributed by atoms with E-state index in [-0.39, 0.29) is 13.0 Å². The lowest BCUT2D eigenvalue weighted by atomic mass is 9.97. The largest absolute Gasteiger partial charge is 0.396 e. The summed E-state index contributed by atoms with van der Waals surface area (Å²) in [7, 11) is -7.47. The van der Waals surface area contributed by atoms with Crippen molar-refractivity contribution in [3.05, 3.63) is 0 Å². The second-order valence-corrected chi connectivity index (χ2v) is 8.38. The van der Waals surface area contributed by atoms with Crippen molar-refractivity contribution in [2.75, 3.05) is 17.9 Å². The SMILES string of the molecule is CCC(C)(CCO)NS(=O)(=O)CS(C)(=O)=O. The average molecular weight is 273 g/mol. The predicted octanol–water partition coefficient (Wildman–Crippen LogP) is -0.541. The number of aliphatic hydroxyl groups excluding tert-OH is 1. The zero-order chi connectivity index (χ0) is 13.0. The van der Waals surface area contributed by atoms with Gasteiger partial charge in [-0.25, -0.2) is 21.6 Å². The molecule has 2 N–H and O–H groups in total. The number of sulfone groups is 1. The Kier molecular flexibility index (Phi) is 5.37. The van der Waals surface area contributed by atoms with Gasteiger partial charge >= 0.3 is 0 Å². The van der Waals surface area contributed by atoms with Crippen LogP contribution in [0.25, 0.3) is 0 Å². The monoisotopic (exact) mass is 273 g/mol. The molecule has 0 saturated heterocycles. The molecule has 0 aromatic heterocycles. The third-order valence-corrected chi connectivity index (χ3v) is 5.97. The smallest absolute Gasteiger partial charge is 0.226 e. The van der Waals surface area contributed by atoms with E-state index in [1.165, 1.54) is 0 Å². The lowest BCUT2D eigenvalue weighted by molar-refractivity contribution is 0.233. The molecule has 98 valence electrons. The standard InChI is InChI=1S/C8H19NO5S2/c1-4-8(2,5-6-10)9-16(13,14)7-15(3,11)12/h9-10H,4-7H2,1-3H3. The molecule has 0 radical (unpaired) electrons. The van der Waals surface area contributed by atoms with Crippen LogP contribution < -0.4 is 4.72 Å². The predicted molar refractivity (Wildman–Crippen MR) is 62.2 cm³/mol. The minimum atomic E-state index is -3.88. The van der Waals surface area contributed by atoms with E-state index < -0.39 is 30.5 Å². The van der Waals surface area contributed by atoms with Crippen molar-refractivity contribution in [2.45, 2.75) is 32.2 Å². The molecule has 16 heavy (non-hydrogen) atoms. The van der Waals surface area contributed by atoms with Crippen LogP contribution in [-0.4, -0.2) is 45.4 Å². The van der Waals surface area contributed by atoms with Gasteiger partial charge in [-0.3, -0.25) is 0 Å². The van der Waals surface area contributed by atoms with Crippen molar-refractivity contribution in [1.29, 1.82) is 0 Å². The zero-order valence-corrected chi connectivity index (χ0v) is 11.4. The number of aliphatic hydroxyl groups is 1. The fourth-order valence-electron chi connectivity index (χ4n) is 1.23. The highest BCUT2D eigenvalue weighted by atomic mass is 32.3. The molecular weight excluding hydrogens is 254 g/mol. The van der Waals surface area contributed by atoms with Gasteiger partial charge in [-0.2, -0.15) is 0 Å². The van der Waals surface area contributed by atoms with Crippen molar-refractivity contribution >= 4 is 19.9 Å². The summed E-state index contributed by atoms with van der Waals surface area (Å²) in [5.41, 5.74) is -0.807. The molecule has 0 aliphatic carbocycles. The molecule has 0 spiro atoms. The molecule has 0 aliphatic heterocycles. The van der Waals surface area contributed by atoms with Gasteiger partial charge in [0.05, 0.1) is 0 Å². The normalized spacial score (nSPS) is 17.0. The Morgan fingerprint density at radius 3 is 2.06 bits per heavy atom. The molecule has 0 rings (SSSR count). The van der Waals surface area contributed by atoms with Gasteiger partial charge in [-0.1, -0.05) is 6.92 Å². The zero-order valence-electron chi connectivity index (χ0n) is 9.73. The first kappa shape index (κ1) is 15.8. The molecule has 6 nitrogen and oxygen atoms in total. The summed E-state index contributed by atoms with van der Waals surface area (Å²) in [4.78, 5) is 0. The first-order valence-corrected chi connectivity index (χ1v) is 8.55. The molecule has 8 heteroatoms. The van der Waals surface area contributed by atoms with E-state index in [1.807, 2.05) is 0 Å². The van der Waals surface area contributed by atoms with Gasteiger partial charge in [0.2, 0.25) is 10.0 Å². The van der Waals surface area contributed by atoms with Crippen LogP contribution in [0, 0.1) is 0 Å². The van der Waals surface area contributed by atoms with Crippen LogP contribution in [0.5, 0.6) is 0 Å². The average Bonchev–Trinajstić information content (AvgIpc) is 1.98. The van der Waals surface area contributed by atoms with E-state index in [4.69, 9.17) is 5.11 Å². The summed E-state index contributed by atoms with van der Waals surface area (Å²) < 4.78 is 47.2. The van der Waals surface area contributed by atoms with Gasteiger partial charge in [0.25, 0.3) is 0 Å². The number of nitrogens with one attached hydrogen (secondary N) is 1. The first-order valence-electron chi connectivity index (χ1n) is 4.84. The summed E-state index contributed by atoms with van der Waals surface area (Å²) >= 11 is 0. The van der Waals surface area contributed by atoms with Gasteiger partial charge in [0, 0.05) is 18.4 Å². The van der Waals surface area contributed by atoms with Crippen molar-refractivity contribution in [2.24, 2.45) is 0 Å². The lowest BCUT2D eigenvalue weighted by Crippen LogP contribution is -2.47. The summed E-state index contributed by atoms with van der Waals surface area (Å²) in [5.74, 6) is 0. The Morgan fingerprint density at radius 2 is 1.75 bits per heavy atom. The van der Waals surface area contributed by atoms with Crippen LogP contribution in [0.3, 0.4) is 0 Å².